The largest absolute Gasteiger partial charge is 0.491 e. The van der Waals surface area contributed by atoms with Gasteiger partial charge in [0.2, 0.25) is 5.91 Å². The molecule has 0 saturated carbocycles. The number of aromatic nitrogens is 1. The van der Waals surface area contributed by atoms with E-state index in [0.717, 1.165) is 30.9 Å². The molecule has 2 aromatic rings. The lowest BCUT2D eigenvalue weighted by molar-refractivity contribution is -0.132. The third-order valence-electron chi connectivity index (χ3n) is 5.74. The van der Waals surface area contributed by atoms with E-state index in [0.29, 0.717) is 48.9 Å². The SMILES string of the molecule is Cc1[nH]c(=O)c(C#N)c(C)c1CCC(=O)N1CCN(CCOc2ccccc2Cl)CC1. The molecule has 2 heterocycles. The van der Waals surface area contributed by atoms with Crippen molar-refractivity contribution in [1.29, 1.82) is 5.26 Å². The molecule has 1 aliphatic rings. The number of ether oxygens (including phenoxy) is 1. The smallest absolute Gasteiger partial charge is 0.266 e. The number of rotatable bonds is 7. The fraction of sp³-hybridized carbons (Fsp3) is 0.435. The monoisotopic (exact) mass is 442 g/mol. The average Bonchev–Trinajstić information content (AvgIpc) is 2.75. The first-order valence-electron chi connectivity index (χ1n) is 10.4. The zero-order valence-electron chi connectivity index (χ0n) is 17.9. The summed E-state index contributed by atoms with van der Waals surface area (Å²) < 4.78 is 5.75. The number of nitriles is 1. The van der Waals surface area contributed by atoms with Crippen LogP contribution in [0.25, 0.3) is 0 Å². The van der Waals surface area contributed by atoms with Crippen molar-refractivity contribution in [2.45, 2.75) is 26.7 Å². The van der Waals surface area contributed by atoms with E-state index in [1.807, 2.05) is 29.2 Å². The quantitative estimate of drug-likeness (QED) is 0.712. The molecule has 0 spiro atoms. The molecule has 164 valence electrons. The molecule has 1 aromatic carbocycles. The Balaban J connectivity index is 1.45. The molecule has 1 fully saturated rings. The van der Waals surface area contributed by atoms with Crippen molar-refractivity contribution < 1.29 is 9.53 Å². The number of aryl methyl sites for hydroxylation is 1. The highest BCUT2D eigenvalue weighted by molar-refractivity contribution is 6.32. The number of pyridine rings is 1. The topological polar surface area (TPSA) is 89.4 Å². The van der Waals surface area contributed by atoms with Gasteiger partial charge in [-0.15, -0.1) is 0 Å². The van der Waals surface area contributed by atoms with Gasteiger partial charge in [0.15, 0.2) is 0 Å². The molecule has 3 rings (SSSR count). The second kappa shape index (κ2) is 10.5. The minimum Gasteiger partial charge on any atom is -0.491 e. The fourth-order valence-corrected chi connectivity index (χ4v) is 4.07. The number of aromatic amines is 1. The number of benzene rings is 1. The first-order valence-corrected chi connectivity index (χ1v) is 10.8. The van der Waals surface area contributed by atoms with Crippen LogP contribution in [0.3, 0.4) is 0 Å². The molecule has 1 aromatic heterocycles. The highest BCUT2D eigenvalue weighted by atomic mass is 35.5. The van der Waals surface area contributed by atoms with Crippen molar-refractivity contribution in [3.63, 3.8) is 0 Å². The van der Waals surface area contributed by atoms with E-state index in [-0.39, 0.29) is 17.0 Å². The predicted molar refractivity (Wildman–Crippen MR) is 120 cm³/mol. The van der Waals surface area contributed by atoms with Gasteiger partial charge in [-0.1, -0.05) is 23.7 Å². The Labute approximate surface area is 187 Å². The number of para-hydroxylation sites is 1. The van der Waals surface area contributed by atoms with Crippen molar-refractivity contribution in [2.75, 3.05) is 39.3 Å². The normalized spacial score (nSPS) is 14.3. The summed E-state index contributed by atoms with van der Waals surface area (Å²) in [4.78, 5) is 31.4. The van der Waals surface area contributed by atoms with Gasteiger partial charge in [0.1, 0.15) is 24.0 Å². The summed E-state index contributed by atoms with van der Waals surface area (Å²) in [6.45, 7) is 7.85. The van der Waals surface area contributed by atoms with E-state index in [1.54, 1.807) is 19.9 Å². The van der Waals surface area contributed by atoms with Crippen LogP contribution in [0.2, 0.25) is 5.02 Å². The summed E-state index contributed by atoms with van der Waals surface area (Å²) in [6.07, 6.45) is 0.863. The van der Waals surface area contributed by atoms with E-state index in [4.69, 9.17) is 16.3 Å². The molecule has 7 nitrogen and oxygen atoms in total. The van der Waals surface area contributed by atoms with Crippen LogP contribution in [0, 0.1) is 25.2 Å². The number of carbonyl (C=O) groups is 1. The van der Waals surface area contributed by atoms with Crippen molar-refractivity contribution >= 4 is 17.5 Å². The van der Waals surface area contributed by atoms with Gasteiger partial charge < -0.3 is 14.6 Å². The number of hydrogen-bond donors (Lipinski definition) is 1. The summed E-state index contributed by atoms with van der Waals surface area (Å²) in [5.41, 5.74) is 2.01. The lowest BCUT2D eigenvalue weighted by Gasteiger charge is -2.34. The van der Waals surface area contributed by atoms with Crippen molar-refractivity contribution in [3.05, 3.63) is 62.0 Å². The van der Waals surface area contributed by atoms with Crippen LogP contribution in [0.15, 0.2) is 29.1 Å². The Morgan fingerprint density at radius 2 is 1.94 bits per heavy atom. The maximum atomic E-state index is 12.7. The van der Waals surface area contributed by atoms with Crippen LogP contribution in [0.1, 0.15) is 28.8 Å². The van der Waals surface area contributed by atoms with Crippen molar-refractivity contribution in [2.24, 2.45) is 0 Å². The maximum absolute atomic E-state index is 12.7. The van der Waals surface area contributed by atoms with Gasteiger partial charge in [-0.3, -0.25) is 14.5 Å². The number of piperazine rings is 1. The number of nitrogens with zero attached hydrogens (tertiary/aromatic N) is 3. The standard InChI is InChI=1S/C23H27ClN4O3/c1-16-18(17(2)26-23(30)19(16)15-25)7-8-22(29)28-11-9-27(10-12-28)13-14-31-21-6-4-3-5-20(21)24/h3-6H,7-14H2,1-2H3,(H,26,30). The summed E-state index contributed by atoms with van der Waals surface area (Å²) in [6, 6.07) is 9.37. The first-order chi connectivity index (χ1) is 14.9. The zero-order chi connectivity index (χ0) is 22.4. The highest BCUT2D eigenvalue weighted by Gasteiger charge is 2.22. The Bertz CT molecular complexity index is 1040. The Kier molecular flexibility index (Phi) is 7.72. The molecular formula is C23H27ClN4O3. The number of nitrogens with one attached hydrogen (secondary N) is 1. The van der Waals surface area contributed by atoms with Crippen LogP contribution in [-0.4, -0.2) is 60.0 Å². The van der Waals surface area contributed by atoms with Crippen LogP contribution in [0.4, 0.5) is 0 Å². The number of halogens is 1. The molecule has 0 bridgehead atoms. The highest BCUT2D eigenvalue weighted by Crippen LogP contribution is 2.23. The average molecular weight is 443 g/mol. The van der Waals surface area contributed by atoms with Crippen LogP contribution in [0.5, 0.6) is 5.75 Å². The molecule has 1 aliphatic heterocycles. The third kappa shape index (κ3) is 5.66. The van der Waals surface area contributed by atoms with Crippen LogP contribution in [-0.2, 0) is 11.2 Å². The van der Waals surface area contributed by atoms with E-state index >= 15 is 0 Å². The van der Waals surface area contributed by atoms with E-state index in [9.17, 15) is 14.9 Å². The van der Waals surface area contributed by atoms with Gasteiger partial charge in [-0.05, 0) is 43.5 Å². The second-order valence-corrected chi connectivity index (χ2v) is 8.08. The predicted octanol–water partition coefficient (Wildman–Crippen LogP) is 2.67. The summed E-state index contributed by atoms with van der Waals surface area (Å²) >= 11 is 6.10. The molecule has 0 aliphatic carbocycles. The molecule has 8 heteroatoms. The van der Waals surface area contributed by atoms with Crippen LogP contribution < -0.4 is 10.3 Å². The molecule has 0 unspecified atom stereocenters. The molecule has 1 amide bonds. The van der Waals surface area contributed by atoms with Gasteiger partial charge in [-0.2, -0.15) is 5.26 Å². The zero-order valence-corrected chi connectivity index (χ0v) is 18.7. The summed E-state index contributed by atoms with van der Waals surface area (Å²) in [5, 5.41) is 9.80. The number of carbonyl (C=O) groups excluding carboxylic acids is 1. The minimum atomic E-state index is -0.373. The second-order valence-electron chi connectivity index (χ2n) is 7.67. The van der Waals surface area contributed by atoms with Crippen molar-refractivity contribution in [1.82, 2.24) is 14.8 Å². The summed E-state index contributed by atoms with van der Waals surface area (Å²) in [5.74, 6) is 0.779. The van der Waals surface area contributed by atoms with Crippen LogP contribution >= 0.6 is 11.6 Å². The van der Waals surface area contributed by atoms with Crippen molar-refractivity contribution in [3.8, 4) is 11.8 Å². The van der Waals surface area contributed by atoms with Gasteiger partial charge in [-0.25, -0.2) is 0 Å². The molecule has 0 radical (unpaired) electrons. The van der Waals surface area contributed by atoms with E-state index in [2.05, 4.69) is 9.88 Å². The Hall–Kier alpha value is -2.82. The van der Waals surface area contributed by atoms with E-state index < -0.39 is 0 Å². The molecule has 31 heavy (non-hydrogen) atoms. The van der Waals surface area contributed by atoms with Gasteiger partial charge in [0, 0.05) is 44.8 Å². The lowest BCUT2D eigenvalue weighted by atomic mass is 9.99. The van der Waals surface area contributed by atoms with E-state index in [1.165, 1.54) is 0 Å². The number of amides is 1. The van der Waals surface area contributed by atoms with Gasteiger partial charge >= 0.3 is 0 Å². The molecule has 1 N–H and O–H groups in total. The maximum Gasteiger partial charge on any atom is 0.266 e. The summed E-state index contributed by atoms with van der Waals surface area (Å²) in [7, 11) is 0. The Morgan fingerprint density at radius 1 is 1.23 bits per heavy atom. The minimum absolute atomic E-state index is 0.0930. The number of H-pyrrole nitrogens is 1. The molecular weight excluding hydrogens is 416 g/mol. The molecule has 1 saturated heterocycles. The fourth-order valence-electron chi connectivity index (χ4n) is 3.88. The first kappa shape index (κ1) is 22.9. The third-order valence-corrected chi connectivity index (χ3v) is 6.05. The van der Waals surface area contributed by atoms with Gasteiger partial charge in [0.05, 0.1) is 5.02 Å². The number of hydrogen-bond acceptors (Lipinski definition) is 5. The Morgan fingerprint density at radius 3 is 2.61 bits per heavy atom. The lowest BCUT2D eigenvalue weighted by Crippen LogP contribution is -2.49. The van der Waals surface area contributed by atoms with Gasteiger partial charge in [0.25, 0.3) is 5.56 Å². The molecule has 0 atom stereocenters.